The molecule has 0 bridgehead atoms. The van der Waals surface area contributed by atoms with Crippen LogP contribution in [0.25, 0.3) is 0 Å². The Kier molecular flexibility index (Phi) is 7.16. The van der Waals surface area contributed by atoms with Gasteiger partial charge in [-0.2, -0.15) is 0 Å². The summed E-state index contributed by atoms with van der Waals surface area (Å²) in [4.78, 5) is 17.1. The first kappa shape index (κ1) is 19.3. The number of hydrogen-bond donors (Lipinski definition) is 2. The van der Waals surface area contributed by atoms with E-state index in [0.29, 0.717) is 19.5 Å². The van der Waals surface area contributed by atoms with Crippen LogP contribution in [0.15, 0.2) is 24.3 Å². The molecule has 1 unspecified atom stereocenters. The van der Waals surface area contributed by atoms with E-state index in [2.05, 4.69) is 11.0 Å². The SMILES string of the molecule is O=C1CCCN1CC(O)C[NH+]1CCN(c2ccccc2Cl)CC1.[Cl-]. The Balaban J connectivity index is 0.00000208. The molecule has 134 valence electrons. The van der Waals surface area contributed by atoms with Gasteiger partial charge in [0.1, 0.15) is 12.6 Å². The molecule has 5 nitrogen and oxygen atoms in total. The number of quaternary nitrogens is 1. The number of halogens is 2. The fourth-order valence-corrected chi connectivity index (χ4v) is 3.78. The number of β-amino-alcohol motifs (C(OH)–C–C–N with tert-alkyl or cyclic N) is 1. The van der Waals surface area contributed by atoms with Gasteiger partial charge in [-0.15, -0.1) is 0 Å². The maximum absolute atomic E-state index is 11.6. The predicted octanol–water partition coefficient (Wildman–Crippen LogP) is -2.97. The van der Waals surface area contributed by atoms with Gasteiger partial charge in [-0.05, 0) is 18.6 Å². The van der Waals surface area contributed by atoms with E-state index < -0.39 is 6.10 Å². The van der Waals surface area contributed by atoms with Crippen LogP contribution >= 0.6 is 11.6 Å². The number of anilines is 1. The first-order valence-electron chi connectivity index (χ1n) is 8.42. The zero-order chi connectivity index (χ0) is 16.2. The molecule has 3 rings (SSSR count). The zero-order valence-corrected chi connectivity index (χ0v) is 15.3. The van der Waals surface area contributed by atoms with Gasteiger partial charge in [0, 0.05) is 13.0 Å². The van der Waals surface area contributed by atoms with Crippen molar-refractivity contribution in [3.05, 3.63) is 29.3 Å². The van der Waals surface area contributed by atoms with Gasteiger partial charge in [0.15, 0.2) is 0 Å². The summed E-state index contributed by atoms with van der Waals surface area (Å²) < 4.78 is 0. The number of benzene rings is 1. The molecular formula is C17H25Cl2N3O2. The van der Waals surface area contributed by atoms with E-state index in [-0.39, 0.29) is 18.3 Å². The molecule has 1 aromatic carbocycles. The average Bonchev–Trinajstić information content (AvgIpc) is 2.94. The normalized spacial score (nSPS) is 20.2. The van der Waals surface area contributed by atoms with Crippen molar-refractivity contribution in [3.8, 4) is 0 Å². The Bertz CT molecular complexity index is 550. The molecule has 2 saturated heterocycles. The van der Waals surface area contributed by atoms with E-state index in [1.54, 1.807) is 4.90 Å². The minimum absolute atomic E-state index is 0. The van der Waals surface area contributed by atoms with Gasteiger partial charge in [0.2, 0.25) is 5.91 Å². The number of aliphatic hydroxyl groups is 1. The van der Waals surface area contributed by atoms with Crippen molar-refractivity contribution in [2.75, 3.05) is 50.7 Å². The maximum atomic E-state index is 11.6. The Labute approximate surface area is 154 Å². The van der Waals surface area contributed by atoms with Crippen LogP contribution in [0.5, 0.6) is 0 Å². The lowest BCUT2D eigenvalue weighted by Crippen LogP contribution is -3.16. The molecule has 0 spiro atoms. The topological polar surface area (TPSA) is 48.2 Å². The van der Waals surface area contributed by atoms with Crippen LogP contribution in [0, 0.1) is 0 Å². The number of carbonyl (C=O) groups excluding carboxylic acids is 1. The standard InChI is InChI=1S/C17H24ClN3O2.ClH/c18-15-4-1-2-5-16(15)20-10-8-19(9-11-20)12-14(22)13-21-7-3-6-17(21)23;/h1-2,4-5,14,22H,3,6-13H2;1H. The van der Waals surface area contributed by atoms with Crippen LogP contribution in [0.1, 0.15) is 12.8 Å². The molecule has 7 heteroatoms. The highest BCUT2D eigenvalue weighted by Crippen LogP contribution is 2.24. The lowest BCUT2D eigenvalue weighted by atomic mass is 10.2. The molecule has 2 heterocycles. The highest BCUT2D eigenvalue weighted by Gasteiger charge is 2.27. The molecule has 0 radical (unpaired) electrons. The Morgan fingerprint density at radius 1 is 1.21 bits per heavy atom. The van der Waals surface area contributed by atoms with Crippen molar-refractivity contribution < 1.29 is 27.2 Å². The second kappa shape index (κ2) is 8.90. The maximum Gasteiger partial charge on any atom is 0.222 e. The van der Waals surface area contributed by atoms with Crippen LogP contribution < -0.4 is 22.2 Å². The molecule has 2 aliphatic rings. The van der Waals surface area contributed by atoms with E-state index in [1.807, 2.05) is 18.2 Å². The lowest BCUT2D eigenvalue weighted by molar-refractivity contribution is -0.903. The summed E-state index contributed by atoms with van der Waals surface area (Å²) in [6, 6.07) is 7.94. The first-order valence-corrected chi connectivity index (χ1v) is 8.80. The molecule has 0 aromatic heterocycles. The van der Waals surface area contributed by atoms with Crippen molar-refractivity contribution in [1.82, 2.24) is 4.90 Å². The third kappa shape index (κ3) is 4.76. The van der Waals surface area contributed by atoms with Gasteiger partial charge in [-0.1, -0.05) is 23.7 Å². The molecule has 0 saturated carbocycles. The third-order valence-electron chi connectivity index (χ3n) is 4.79. The molecule has 24 heavy (non-hydrogen) atoms. The number of rotatable bonds is 5. The molecular weight excluding hydrogens is 349 g/mol. The molecule has 1 aromatic rings. The summed E-state index contributed by atoms with van der Waals surface area (Å²) in [5.41, 5.74) is 1.09. The summed E-state index contributed by atoms with van der Waals surface area (Å²) in [6.07, 6.45) is 1.13. The highest BCUT2D eigenvalue weighted by atomic mass is 35.5. The Morgan fingerprint density at radius 2 is 1.92 bits per heavy atom. The molecule has 2 aliphatic heterocycles. The Morgan fingerprint density at radius 3 is 2.54 bits per heavy atom. The highest BCUT2D eigenvalue weighted by molar-refractivity contribution is 6.33. The van der Waals surface area contributed by atoms with Crippen molar-refractivity contribution in [1.29, 1.82) is 0 Å². The number of hydrogen-bond acceptors (Lipinski definition) is 3. The van der Waals surface area contributed by atoms with E-state index in [4.69, 9.17) is 11.6 Å². The molecule has 0 aliphatic carbocycles. The fourth-order valence-electron chi connectivity index (χ4n) is 3.53. The summed E-state index contributed by atoms with van der Waals surface area (Å²) in [6.45, 7) is 5.83. The number of likely N-dealkylation sites (tertiary alicyclic amines) is 1. The van der Waals surface area contributed by atoms with Crippen LogP contribution in [0.4, 0.5) is 5.69 Å². The quantitative estimate of drug-likeness (QED) is 0.579. The summed E-state index contributed by atoms with van der Waals surface area (Å²) >= 11 is 6.26. The smallest absolute Gasteiger partial charge is 0.222 e. The van der Waals surface area contributed by atoms with E-state index >= 15 is 0 Å². The van der Waals surface area contributed by atoms with Gasteiger partial charge < -0.3 is 32.2 Å². The van der Waals surface area contributed by atoms with E-state index in [0.717, 1.165) is 49.9 Å². The monoisotopic (exact) mass is 373 g/mol. The van der Waals surface area contributed by atoms with Crippen LogP contribution in [-0.2, 0) is 4.79 Å². The van der Waals surface area contributed by atoms with Gasteiger partial charge in [0.25, 0.3) is 0 Å². The van der Waals surface area contributed by atoms with Crippen LogP contribution in [-0.4, -0.2) is 67.8 Å². The number of nitrogens with one attached hydrogen (secondary N) is 1. The van der Waals surface area contributed by atoms with Crippen LogP contribution in [0.3, 0.4) is 0 Å². The van der Waals surface area contributed by atoms with Crippen molar-refractivity contribution in [2.24, 2.45) is 0 Å². The summed E-state index contributed by atoms with van der Waals surface area (Å²) in [5, 5.41) is 11.1. The number of aliphatic hydroxyl groups excluding tert-OH is 1. The van der Waals surface area contributed by atoms with Crippen molar-refractivity contribution >= 4 is 23.2 Å². The molecule has 1 amide bonds. The molecule has 1 atom stereocenters. The average molecular weight is 374 g/mol. The summed E-state index contributed by atoms with van der Waals surface area (Å²) in [5.74, 6) is 0.183. The number of carbonyl (C=O) groups is 1. The van der Waals surface area contributed by atoms with E-state index in [1.165, 1.54) is 4.90 Å². The van der Waals surface area contributed by atoms with Gasteiger partial charge in [-0.3, -0.25) is 4.79 Å². The Hall–Kier alpha value is -1.01. The number of amides is 1. The number of para-hydroxylation sites is 1. The van der Waals surface area contributed by atoms with Gasteiger partial charge in [-0.25, -0.2) is 0 Å². The van der Waals surface area contributed by atoms with Crippen LogP contribution in [0.2, 0.25) is 5.02 Å². The molecule has 2 N–H and O–H groups in total. The second-order valence-corrected chi connectivity index (χ2v) is 6.90. The molecule has 2 fully saturated rings. The first-order chi connectivity index (χ1) is 11.1. The third-order valence-corrected chi connectivity index (χ3v) is 5.11. The summed E-state index contributed by atoms with van der Waals surface area (Å²) in [7, 11) is 0. The minimum atomic E-state index is -0.432. The van der Waals surface area contributed by atoms with Crippen molar-refractivity contribution in [3.63, 3.8) is 0 Å². The largest absolute Gasteiger partial charge is 1.00 e. The number of piperazine rings is 1. The van der Waals surface area contributed by atoms with Crippen molar-refractivity contribution in [2.45, 2.75) is 18.9 Å². The van der Waals surface area contributed by atoms with Gasteiger partial charge >= 0.3 is 0 Å². The van der Waals surface area contributed by atoms with Gasteiger partial charge in [0.05, 0.1) is 43.4 Å². The zero-order valence-electron chi connectivity index (χ0n) is 13.8. The minimum Gasteiger partial charge on any atom is -1.00 e. The number of nitrogens with zero attached hydrogens (tertiary/aromatic N) is 2. The fraction of sp³-hybridized carbons (Fsp3) is 0.588. The second-order valence-electron chi connectivity index (χ2n) is 6.49. The predicted molar refractivity (Wildman–Crippen MR) is 91.0 cm³/mol. The van der Waals surface area contributed by atoms with E-state index in [9.17, 15) is 9.90 Å². The lowest BCUT2D eigenvalue weighted by Gasteiger charge is -2.35.